The quantitative estimate of drug-likeness (QED) is 0.758. The first-order valence-corrected chi connectivity index (χ1v) is 6.99. The summed E-state index contributed by atoms with van der Waals surface area (Å²) in [6.07, 6.45) is 3.24. The second-order valence-electron chi connectivity index (χ2n) is 5.59. The first-order chi connectivity index (χ1) is 10.3. The second-order valence-corrected chi connectivity index (χ2v) is 5.59. The molecular formula is C17H23NO4. The van der Waals surface area contributed by atoms with Crippen molar-refractivity contribution < 1.29 is 19.1 Å². The summed E-state index contributed by atoms with van der Waals surface area (Å²) >= 11 is 0. The zero-order valence-electron chi connectivity index (χ0n) is 13.8. The van der Waals surface area contributed by atoms with Gasteiger partial charge in [-0.1, -0.05) is 18.2 Å². The van der Waals surface area contributed by atoms with Crippen LogP contribution in [0.5, 0.6) is 5.75 Å². The number of methoxy groups -OCH3 is 1. The minimum Gasteiger partial charge on any atom is -0.497 e. The van der Waals surface area contributed by atoms with Gasteiger partial charge in [-0.25, -0.2) is 0 Å². The Morgan fingerprint density at radius 1 is 1.23 bits per heavy atom. The van der Waals surface area contributed by atoms with Crippen LogP contribution in [0.1, 0.15) is 26.3 Å². The van der Waals surface area contributed by atoms with E-state index in [2.05, 4.69) is 0 Å². The fourth-order valence-electron chi connectivity index (χ4n) is 1.53. The van der Waals surface area contributed by atoms with Crippen LogP contribution in [0.2, 0.25) is 0 Å². The standard InChI is InChI=1S/C17H23NO4/c1-13(19)18(4)11-10-17(2,3)16(20)22-12-14-6-8-15(21-5)9-7-14/h6-11H,12H2,1-5H3/b11-10+. The first kappa shape index (κ1) is 17.8. The molecule has 1 rings (SSSR count). The van der Waals surface area contributed by atoms with Gasteiger partial charge in [-0.15, -0.1) is 0 Å². The Hall–Kier alpha value is -2.30. The summed E-state index contributed by atoms with van der Waals surface area (Å²) < 4.78 is 10.4. The molecule has 0 radical (unpaired) electrons. The number of carbonyl (C=O) groups is 2. The van der Waals surface area contributed by atoms with E-state index in [-0.39, 0.29) is 18.5 Å². The molecule has 0 aliphatic carbocycles. The number of nitrogens with zero attached hydrogens (tertiary/aromatic N) is 1. The highest BCUT2D eigenvalue weighted by Gasteiger charge is 2.26. The van der Waals surface area contributed by atoms with Crippen molar-refractivity contribution in [3.8, 4) is 5.75 Å². The van der Waals surface area contributed by atoms with Gasteiger partial charge in [0.2, 0.25) is 5.91 Å². The summed E-state index contributed by atoms with van der Waals surface area (Å²) in [5.74, 6) is 0.306. The van der Waals surface area contributed by atoms with Gasteiger partial charge in [0.05, 0.1) is 12.5 Å². The number of carbonyl (C=O) groups excluding carboxylic acids is 2. The maximum absolute atomic E-state index is 12.1. The molecule has 5 heteroatoms. The molecule has 0 spiro atoms. The predicted molar refractivity (Wildman–Crippen MR) is 84.2 cm³/mol. The second kappa shape index (κ2) is 7.64. The zero-order valence-corrected chi connectivity index (χ0v) is 13.8. The van der Waals surface area contributed by atoms with Crippen molar-refractivity contribution in [2.75, 3.05) is 14.2 Å². The molecule has 0 aliphatic heterocycles. The highest BCUT2D eigenvalue weighted by atomic mass is 16.5. The van der Waals surface area contributed by atoms with Crippen LogP contribution >= 0.6 is 0 Å². The minimum atomic E-state index is -0.809. The summed E-state index contributed by atoms with van der Waals surface area (Å²) in [4.78, 5) is 24.7. The zero-order chi connectivity index (χ0) is 16.8. The van der Waals surface area contributed by atoms with Gasteiger partial charge >= 0.3 is 5.97 Å². The summed E-state index contributed by atoms with van der Waals surface area (Å²) in [6.45, 7) is 5.14. The molecule has 0 aliphatic rings. The van der Waals surface area contributed by atoms with E-state index in [9.17, 15) is 9.59 Å². The number of esters is 1. The third kappa shape index (κ3) is 5.24. The number of rotatable bonds is 6. The van der Waals surface area contributed by atoms with Crippen molar-refractivity contribution in [3.05, 3.63) is 42.1 Å². The number of ether oxygens (including phenoxy) is 2. The van der Waals surface area contributed by atoms with Gasteiger partial charge in [0.15, 0.2) is 0 Å². The molecule has 0 N–H and O–H groups in total. The Morgan fingerprint density at radius 3 is 2.32 bits per heavy atom. The van der Waals surface area contributed by atoms with Crippen molar-refractivity contribution in [2.24, 2.45) is 5.41 Å². The largest absolute Gasteiger partial charge is 0.497 e. The van der Waals surface area contributed by atoms with Crippen LogP contribution in [0.4, 0.5) is 0 Å². The predicted octanol–water partition coefficient (Wildman–Crippen LogP) is 2.76. The minimum absolute atomic E-state index is 0.0985. The topological polar surface area (TPSA) is 55.8 Å². The van der Waals surface area contributed by atoms with Crippen LogP contribution < -0.4 is 4.74 Å². The van der Waals surface area contributed by atoms with Crippen molar-refractivity contribution >= 4 is 11.9 Å². The van der Waals surface area contributed by atoms with Crippen molar-refractivity contribution in [2.45, 2.75) is 27.4 Å². The Morgan fingerprint density at radius 2 is 1.82 bits per heavy atom. The highest BCUT2D eigenvalue weighted by Crippen LogP contribution is 2.21. The Bertz CT molecular complexity index is 546. The molecule has 0 heterocycles. The van der Waals surface area contributed by atoms with Crippen LogP contribution in [0.15, 0.2) is 36.5 Å². The first-order valence-electron chi connectivity index (χ1n) is 6.99. The normalized spacial score (nSPS) is 11.3. The number of benzene rings is 1. The lowest BCUT2D eigenvalue weighted by atomic mass is 9.94. The molecule has 0 atom stereocenters. The lowest BCUT2D eigenvalue weighted by Crippen LogP contribution is -2.26. The van der Waals surface area contributed by atoms with Gasteiger partial charge in [0, 0.05) is 20.2 Å². The molecule has 0 aromatic heterocycles. The van der Waals surface area contributed by atoms with Gasteiger partial charge in [0.25, 0.3) is 0 Å². The molecule has 5 nitrogen and oxygen atoms in total. The third-order valence-corrected chi connectivity index (χ3v) is 3.27. The average molecular weight is 305 g/mol. The van der Waals surface area contributed by atoms with Gasteiger partial charge in [-0.2, -0.15) is 0 Å². The molecule has 0 bridgehead atoms. The lowest BCUT2D eigenvalue weighted by Gasteiger charge is -2.20. The van der Waals surface area contributed by atoms with Gasteiger partial charge in [0.1, 0.15) is 12.4 Å². The molecule has 0 saturated carbocycles. The van der Waals surface area contributed by atoms with Gasteiger partial charge in [-0.3, -0.25) is 9.59 Å². The number of hydrogen-bond donors (Lipinski definition) is 0. The van der Waals surface area contributed by atoms with E-state index in [0.717, 1.165) is 11.3 Å². The van der Waals surface area contributed by atoms with Crippen LogP contribution in [0.25, 0.3) is 0 Å². The maximum atomic E-state index is 12.1. The molecule has 1 aromatic rings. The van der Waals surface area contributed by atoms with Crippen LogP contribution in [0, 0.1) is 5.41 Å². The summed E-state index contributed by atoms with van der Waals surface area (Å²) in [5, 5.41) is 0. The number of hydrogen-bond acceptors (Lipinski definition) is 4. The van der Waals surface area contributed by atoms with Gasteiger partial charge < -0.3 is 14.4 Å². The smallest absolute Gasteiger partial charge is 0.315 e. The summed E-state index contributed by atoms with van der Waals surface area (Å²) in [6, 6.07) is 7.32. The molecule has 1 aromatic carbocycles. The number of amides is 1. The fraction of sp³-hybridized carbons (Fsp3) is 0.412. The average Bonchev–Trinajstić information content (AvgIpc) is 2.50. The molecule has 120 valence electrons. The van der Waals surface area contributed by atoms with E-state index in [4.69, 9.17) is 9.47 Å². The van der Waals surface area contributed by atoms with E-state index in [0.29, 0.717) is 0 Å². The summed E-state index contributed by atoms with van der Waals surface area (Å²) in [7, 11) is 3.24. The van der Waals surface area contributed by atoms with E-state index in [1.165, 1.54) is 11.8 Å². The van der Waals surface area contributed by atoms with Crippen molar-refractivity contribution in [3.63, 3.8) is 0 Å². The van der Waals surface area contributed by atoms with Crippen LogP contribution in [0.3, 0.4) is 0 Å². The molecule has 0 saturated heterocycles. The maximum Gasteiger partial charge on any atom is 0.315 e. The van der Waals surface area contributed by atoms with Crippen LogP contribution in [-0.2, 0) is 20.9 Å². The van der Waals surface area contributed by atoms with Gasteiger partial charge in [-0.05, 0) is 31.5 Å². The molecule has 0 unspecified atom stereocenters. The third-order valence-electron chi connectivity index (χ3n) is 3.27. The van der Waals surface area contributed by atoms with Crippen molar-refractivity contribution in [1.82, 2.24) is 4.90 Å². The van der Waals surface area contributed by atoms with E-state index >= 15 is 0 Å². The SMILES string of the molecule is COc1ccc(COC(=O)C(C)(C)/C=C/N(C)C(C)=O)cc1. The van der Waals surface area contributed by atoms with E-state index < -0.39 is 5.41 Å². The monoisotopic (exact) mass is 305 g/mol. The van der Waals surface area contributed by atoms with Crippen molar-refractivity contribution in [1.29, 1.82) is 0 Å². The molecule has 0 fully saturated rings. The molecule has 1 amide bonds. The Labute approximate surface area is 131 Å². The van der Waals surface area contributed by atoms with Crippen LogP contribution in [-0.4, -0.2) is 30.9 Å². The highest BCUT2D eigenvalue weighted by molar-refractivity contribution is 5.78. The van der Waals surface area contributed by atoms with E-state index in [1.807, 2.05) is 24.3 Å². The molecular weight excluding hydrogens is 282 g/mol. The van der Waals surface area contributed by atoms with E-state index in [1.54, 1.807) is 40.3 Å². The lowest BCUT2D eigenvalue weighted by molar-refractivity contribution is -0.152. The Kier molecular flexibility index (Phi) is 6.16. The Balaban J connectivity index is 2.60. The molecule has 22 heavy (non-hydrogen) atoms. The fourth-order valence-corrected chi connectivity index (χ4v) is 1.53. The summed E-state index contributed by atoms with van der Waals surface area (Å²) in [5.41, 5.74) is 0.0747.